The third-order valence-electron chi connectivity index (χ3n) is 3.61. The van der Waals surface area contributed by atoms with Crippen LogP contribution in [0.15, 0.2) is 23.8 Å². The molecule has 0 N–H and O–H groups in total. The molecule has 1 aliphatic carbocycles. The predicted octanol–water partition coefficient (Wildman–Crippen LogP) is 4.23. The molecule has 15 heavy (non-hydrogen) atoms. The molecule has 0 aromatic heterocycles. The Kier molecular flexibility index (Phi) is 3.74. The Hall–Kier alpha value is -1.03. The lowest BCUT2D eigenvalue weighted by atomic mass is 9.55. The van der Waals surface area contributed by atoms with Gasteiger partial charge < -0.3 is 0 Å². The maximum Gasteiger partial charge on any atom is 0.0627 e. The van der Waals surface area contributed by atoms with E-state index in [2.05, 4.69) is 39.5 Å². The van der Waals surface area contributed by atoms with Crippen molar-refractivity contribution in [1.29, 1.82) is 5.26 Å². The van der Waals surface area contributed by atoms with Gasteiger partial charge in [-0.2, -0.15) is 5.26 Å². The summed E-state index contributed by atoms with van der Waals surface area (Å²) >= 11 is 0. The summed E-state index contributed by atoms with van der Waals surface area (Å²) < 4.78 is 0. The highest BCUT2D eigenvalue weighted by atomic mass is 14.5. The van der Waals surface area contributed by atoms with Gasteiger partial charge in [0, 0.05) is 6.42 Å². The van der Waals surface area contributed by atoms with Gasteiger partial charge in [-0.3, -0.25) is 0 Å². The fourth-order valence-electron chi connectivity index (χ4n) is 2.56. The molecule has 0 spiro atoms. The molecule has 1 aliphatic rings. The summed E-state index contributed by atoms with van der Waals surface area (Å²) in [7, 11) is 0. The average molecular weight is 203 g/mol. The topological polar surface area (TPSA) is 23.8 Å². The molecule has 2 atom stereocenters. The highest BCUT2D eigenvalue weighted by molar-refractivity contribution is 5.15. The first-order chi connectivity index (χ1) is 7.02. The first-order valence-corrected chi connectivity index (χ1v) is 5.67. The standard InChI is InChI=1S/C14H21N/c1-11(2)5-7-14(9-10-15)8-6-13(14)12(3)4/h5,13H,3,6-9H2,1-2,4H3/t13-,14-/m0/s1. The Morgan fingerprint density at radius 1 is 1.53 bits per heavy atom. The summed E-state index contributed by atoms with van der Waals surface area (Å²) in [6.45, 7) is 10.4. The normalized spacial score (nSPS) is 28.8. The molecule has 1 fully saturated rings. The number of nitrogens with zero attached hydrogens (tertiary/aromatic N) is 1. The number of allylic oxidation sites excluding steroid dienone is 3. The Morgan fingerprint density at radius 2 is 2.20 bits per heavy atom. The van der Waals surface area contributed by atoms with Crippen LogP contribution in [-0.4, -0.2) is 0 Å². The van der Waals surface area contributed by atoms with Gasteiger partial charge in [0.25, 0.3) is 0 Å². The maximum atomic E-state index is 8.93. The van der Waals surface area contributed by atoms with Gasteiger partial charge in [0.05, 0.1) is 6.07 Å². The molecule has 0 radical (unpaired) electrons. The SMILES string of the molecule is C=C(C)[C@@H]1CC[C@]1(CC#N)CC=C(C)C. The number of hydrogen-bond donors (Lipinski definition) is 0. The van der Waals surface area contributed by atoms with E-state index in [0.717, 1.165) is 6.42 Å². The first kappa shape index (κ1) is 12.0. The molecular weight excluding hydrogens is 182 g/mol. The quantitative estimate of drug-likeness (QED) is 0.627. The lowest BCUT2D eigenvalue weighted by Gasteiger charge is -2.49. The lowest BCUT2D eigenvalue weighted by Crippen LogP contribution is -2.40. The third kappa shape index (κ3) is 2.50. The molecule has 1 saturated carbocycles. The Bertz CT molecular complexity index is 315. The minimum Gasteiger partial charge on any atom is -0.198 e. The van der Waals surface area contributed by atoms with Gasteiger partial charge in [-0.1, -0.05) is 23.8 Å². The van der Waals surface area contributed by atoms with Crippen molar-refractivity contribution in [3.8, 4) is 6.07 Å². The monoisotopic (exact) mass is 203 g/mol. The molecule has 0 heterocycles. The number of nitriles is 1. The van der Waals surface area contributed by atoms with Gasteiger partial charge in [-0.25, -0.2) is 0 Å². The Labute approximate surface area is 93.5 Å². The molecule has 0 aliphatic heterocycles. The summed E-state index contributed by atoms with van der Waals surface area (Å²) in [5.41, 5.74) is 2.80. The summed E-state index contributed by atoms with van der Waals surface area (Å²) in [6, 6.07) is 2.35. The van der Waals surface area contributed by atoms with Gasteiger partial charge in [0.15, 0.2) is 0 Å². The van der Waals surface area contributed by atoms with Crippen molar-refractivity contribution in [3.63, 3.8) is 0 Å². The van der Waals surface area contributed by atoms with E-state index in [1.807, 2.05) is 0 Å². The van der Waals surface area contributed by atoms with E-state index in [1.165, 1.54) is 24.0 Å². The Balaban J connectivity index is 2.77. The van der Waals surface area contributed by atoms with E-state index >= 15 is 0 Å². The minimum atomic E-state index is 0.206. The molecule has 1 nitrogen and oxygen atoms in total. The van der Waals surface area contributed by atoms with E-state index in [0.29, 0.717) is 12.3 Å². The second kappa shape index (κ2) is 4.66. The van der Waals surface area contributed by atoms with Crippen LogP contribution in [-0.2, 0) is 0 Å². The van der Waals surface area contributed by atoms with E-state index in [4.69, 9.17) is 5.26 Å². The van der Waals surface area contributed by atoms with Crippen LogP contribution in [0.3, 0.4) is 0 Å². The summed E-state index contributed by atoms with van der Waals surface area (Å²) in [6.07, 6.45) is 6.39. The fraction of sp³-hybridized carbons (Fsp3) is 0.643. The molecule has 0 amide bonds. The van der Waals surface area contributed by atoms with E-state index in [9.17, 15) is 0 Å². The smallest absolute Gasteiger partial charge is 0.0627 e. The average Bonchev–Trinajstić information content (AvgIpc) is 2.09. The summed E-state index contributed by atoms with van der Waals surface area (Å²) in [5.74, 6) is 0.563. The van der Waals surface area contributed by atoms with E-state index in [1.54, 1.807) is 0 Å². The second-order valence-corrected chi connectivity index (χ2v) is 5.12. The second-order valence-electron chi connectivity index (χ2n) is 5.12. The van der Waals surface area contributed by atoms with Crippen LogP contribution in [0.25, 0.3) is 0 Å². The van der Waals surface area contributed by atoms with E-state index in [-0.39, 0.29) is 5.41 Å². The number of hydrogen-bond acceptors (Lipinski definition) is 1. The van der Waals surface area contributed by atoms with Crippen LogP contribution in [0.4, 0.5) is 0 Å². The molecule has 0 saturated heterocycles. The van der Waals surface area contributed by atoms with Crippen molar-refractivity contribution in [2.24, 2.45) is 11.3 Å². The van der Waals surface area contributed by atoms with Crippen molar-refractivity contribution >= 4 is 0 Å². The first-order valence-electron chi connectivity index (χ1n) is 5.67. The molecule has 0 bridgehead atoms. The van der Waals surface area contributed by atoms with Gasteiger partial charge in [-0.15, -0.1) is 0 Å². The predicted molar refractivity (Wildman–Crippen MR) is 64.2 cm³/mol. The lowest BCUT2D eigenvalue weighted by molar-refractivity contribution is 0.0658. The molecular formula is C14H21N. The Morgan fingerprint density at radius 3 is 2.53 bits per heavy atom. The fourth-order valence-corrected chi connectivity index (χ4v) is 2.56. The zero-order chi connectivity index (χ0) is 11.5. The van der Waals surface area contributed by atoms with Crippen LogP contribution >= 0.6 is 0 Å². The van der Waals surface area contributed by atoms with Gasteiger partial charge in [0.1, 0.15) is 0 Å². The van der Waals surface area contributed by atoms with Crippen LogP contribution in [0.1, 0.15) is 46.5 Å². The molecule has 0 unspecified atom stereocenters. The van der Waals surface area contributed by atoms with Gasteiger partial charge in [-0.05, 0) is 51.4 Å². The molecule has 82 valence electrons. The highest BCUT2D eigenvalue weighted by Gasteiger charge is 2.45. The molecule has 0 aromatic rings. The van der Waals surface area contributed by atoms with Crippen molar-refractivity contribution < 1.29 is 0 Å². The largest absolute Gasteiger partial charge is 0.198 e. The van der Waals surface area contributed by atoms with Crippen molar-refractivity contribution in [2.45, 2.75) is 46.5 Å². The zero-order valence-electron chi connectivity index (χ0n) is 10.1. The molecule has 1 rings (SSSR count). The summed E-state index contributed by atoms with van der Waals surface area (Å²) in [4.78, 5) is 0. The highest BCUT2D eigenvalue weighted by Crippen LogP contribution is 2.54. The van der Waals surface area contributed by atoms with Crippen LogP contribution in [0.5, 0.6) is 0 Å². The van der Waals surface area contributed by atoms with Crippen molar-refractivity contribution in [2.75, 3.05) is 0 Å². The zero-order valence-corrected chi connectivity index (χ0v) is 10.1. The third-order valence-corrected chi connectivity index (χ3v) is 3.61. The van der Waals surface area contributed by atoms with Crippen LogP contribution < -0.4 is 0 Å². The van der Waals surface area contributed by atoms with Gasteiger partial charge >= 0.3 is 0 Å². The van der Waals surface area contributed by atoms with E-state index < -0.39 is 0 Å². The minimum absolute atomic E-state index is 0.206. The maximum absolute atomic E-state index is 8.93. The van der Waals surface area contributed by atoms with Gasteiger partial charge in [0.2, 0.25) is 0 Å². The van der Waals surface area contributed by atoms with Crippen molar-refractivity contribution in [3.05, 3.63) is 23.8 Å². The summed E-state index contributed by atoms with van der Waals surface area (Å²) in [5, 5.41) is 8.93. The van der Waals surface area contributed by atoms with Crippen LogP contribution in [0, 0.1) is 22.7 Å². The molecule has 0 aromatic carbocycles. The number of rotatable bonds is 4. The van der Waals surface area contributed by atoms with Crippen molar-refractivity contribution in [1.82, 2.24) is 0 Å². The molecule has 1 heteroatoms. The van der Waals surface area contributed by atoms with Crippen LogP contribution in [0.2, 0.25) is 0 Å².